The van der Waals surface area contributed by atoms with Gasteiger partial charge in [-0.05, 0) is 48.7 Å². The monoisotopic (exact) mass is 315 g/mol. The molecule has 0 unspecified atom stereocenters. The van der Waals surface area contributed by atoms with Gasteiger partial charge in [-0.25, -0.2) is 4.39 Å². The fourth-order valence-corrected chi connectivity index (χ4v) is 2.74. The molecule has 0 aromatic heterocycles. The van der Waals surface area contributed by atoms with Crippen LogP contribution in [0.15, 0.2) is 42.5 Å². The van der Waals surface area contributed by atoms with Gasteiger partial charge < -0.3 is 14.4 Å². The molecule has 0 spiro atoms. The molecule has 0 aliphatic carbocycles. The van der Waals surface area contributed by atoms with Crippen molar-refractivity contribution in [3.63, 3.8) is 0 Å². The first-order valence-corrected chi connectivity index (χ1v) is 7.53. The highest BCUT2D eigenvalue weighted by molar-refractivity contribution is 5.95. The third-order valence-electron chi connectivity index (χ3n) is 3.86. The zero-order valence-corrected chi connectivity index (χ0v) is 12.9. The molecular weight excluding hydrogens is 297 g/mol. The predicted octanol–water partition coefficient (Wildman–Crippen LogP) is 3.19. The number of amides is 1. The Bertz CT molecular complexity index is 717. The van der Waals surface area contributed by atoms with Gasteiger partial charge in [0.25, 0.3) is 5.91 Å². The first kappa shape index (κ1) is 15.3. The van der Waals surface area contributed by atoms with Crippen molar-refractivity contribution in [2.75, 3.05) is 25.2 Å². The molecule has 5 heteroatoms. The second-order valence-corrected chi connectivity index (χ2v) is 5.39. The lowest BCUT2D eigenvalue weighted by atomic mass is 10.0. The zero-order valence-electron chi connectivity index (χ0n) is 12.9. The number of rotatable bonds is 4. The summed E-state index contributed by atoms with van der Waals surface area (Å²) in [5.74, 6) is 0.616. The molecule has 23 heavy (non-hydrogen) atoms. The number of benzene rings is 2. The van der Waals surface area contributed by atoms with Crippen LogP contribution < -0.4 is 14.4 Å². The molecule has 1 heterocycles. The van der Waals surface area contributed by atoms with Gasteiger partial charge in [-0.15, -0.1) is 0 Å². The maximum absolute atomic E-state index is 13.1. The number of carbonyl (C=O) groups is 1. The van der Waals surface area contributed by atoms with E-state index in [1.54, 1.807) is 24.1 Å². The second kappa shape index (κ2) is 6.69. The van der Waals surface area contributed by atoms with Gasteiger partial charge in [0, 0.05) is 18.3 Å². The van der Waals surface area contributed by atoms with E-state index in [4.69, 9.17) is 9.47 Å². The summed E-state index contributed by atoms with van der Waals surface area (Å²) in [6.45, 7) is 0.541. The Balaban J connectivity index is 1.71. The van der Waals surface area contributed by atoms with Crippen molar-refractivity contribution < 1.29 is 18.7 Å². The molecule has 2 aromatic rings. The fourth-order valence-electron chi connectivity index (χ4n) is 2.74. The van der Waals surface area contributed by atoms with E-state index >= 15 is 0 Å². The Morgan fingerprint density at radius 2 is 2.09 bits per heavy atom. The van der Waals surface area contributed by atoms with Crippen molar-refractivity contribution in [3.05, 3.63) is 53.8 Å². The van der Waals surface area contributed by atoms with Crippen molar-refractivity contribution in [1.82, 2.24) is 0 Å². The predicted molar refractivity (Wildman–Crippen MR) is 85.6 cm³/mol. The van der Waals surface area contributed by atoms with Gasteiger partial charge in [-0.1, -0.05) is 6.07 Å². The molecule has 0 saturated carbocycles. The summed E-state index contributed by atoms with van der Waals surface area (Å²) in [7, 11) is 1.63. The molecule has 0 fully saturated rings. The highest BCUT2D eigenvalue weighted by Crippen LogP contribution is 2.30. The van der Waals surface area contributed by atoms with E-state index in [1.165, 1.54) is 12.1 Å². The van der Waals surface area contributed by atoms with Crippen LogP contribution in [0.1, 0.15) is 12.0 Å². The maximum atomic E-state index is 13.1. The van der Waals surface area contributed by atoms with E-state index in [0.29, 0.717) is 12.3 Å². The number of aryl methyl sites for hydroxylation is 1. The zero-order chi connectivity index (χ0) is 16.2. The average Bonchev–Trinajstić information content (AvgIpc) is 2.58. The second-order valence-electron chi connectivity index (χ2n) is 5.39. The first-order chi connectivity index (χ1) is 11.2. The Hall–Kier alpha value is -2.56. The van der Waals surface area contributed by atoms with Gasteiger partial charge in [0.1, 0.15) is 17.3 Å². The highest BCUT2D eigenvalue weighted by atomic mass is 19.1. The van der Waals surface area contributed by atoms with E-state index in [9.17, 15) is 9.18 Å². The van der Waals surface area contributed by atoms with E-state index in [0.717, 1.165) is 29.8 Å². The summed E-state index contributed by atoms with van der Waals surface area (Å²) in [4.78, 5) is 14.2. The summed E-state index contributed by atoms with van der Waals surface area (Å²) in [5, 5.41) is 0. The van der Waals surface area contributed by atoms with E-state index < -0.39 is 0 Å². The topological polar surface area (TPSA) is 38.8 Å². The maximum Gasteiger partial charge on any atom is 0.264 e. The number of halogens is 1. The van der Waals surface area contributed by atoms with Gasteiger partial charge in [-0.3, -0.25) is 4.79 Å². The van der Waals surface area contributed by atoms with Crippen LogP contribution >= 0.6 is 0 Å². The SMILES string of the molecule is COc1ccc2c(c1)CCCN2C(=O)COc1cccc(F)c1. The highest BCUT2D eigenvalue weighted by Gasteiger charge is 2.23. The van der Waals surface area contributed by atoms with Crippen molar-refractivity contribution in [3.8, 4) is 11.5 Å². The number of methoxy groups -OCH3 is 1. The minimum Gasteiger partial charge on any atom is -0.497 e. The number of anilines is 1. The lowest BCUT2D eigenvalue weighted by molar-refractivity contribution is -0.120. The Morgan fingerprint density at radius 3 is 2.87 bits per heavy atom. The van der Waals surface area contributed by atoms with Gasteiger partial charge in [-0.2, -0.15) is 0 Å². The fraction of sp³-hybridized carbons (Fsp3) is 0.278. The molecule has 2 aromatic carbocycles. The molecule has 1 aliphatic heterocycles. The smallest absolute Gasteiger partial charge is 0.264 e. The van der Waals surface area contributed by atoms with Crippen LogP contribution in [0.4, 0.5) is 10.1 Å². The van der Waals surface area contributed by atoms with Crippen molar-refractivity contribution in [1.29, 1.82) is 0 Å². The third-order valence-corrected chi connectivity index (χ3v) is 3.86. The number of carbonyl (C=O) groups excluding carboxylic acids is 1. The average molecular weight is 315 g/mol. The third kappa shape index (κ3) is 3.44. The molecule has 0 N–H and O–H groups in total. The molecule has 0 saturated heterocycles. The van der Waals surface area contributed by atoms with Crippen LogP contribution in [0.2, 0.25) is 0 Å². The van der Waals surface area contributed by atoms with Crippen molar-refractivity contribution in [2.45, 2.75) is 12.8 Å². The Labute approximate surface area is 134 Å². The van der Waals surface area contributed by atoms with Crippen LogP contribution in [0, 0.1) is 5.82 Å². The lowest BCUT2D eigenvalue weighted by Gasteiger charge is -2.29. The molecule has 0 radical (unpaired) electrons. The molecule has 0 atom stereocenters. The van der Waals surface area contributed by atoms with Gasteiger partial charge in [0.15, 0.2) is 6.61 Å². The first-order valence-electron chi connectivity index (χ1n) is 7.53. The summed E-state index contributed by atoms with van der Waals surface area (Å²) >= 11 is 0. The normalized spacial score (nSPS) is 13.4. The quantitative estimate of drug-likeness (QED) is 0.870. The molecule has 4 nitrogen and oxygen atoms in total. The van der Waals surface area contributed by atoms with Crippen LogP contribution in [0.25, 0.3) is 0 Å². The number of hydrogen-bond acceptors (Lipinski definition) is 3. The van der Waals surface area contributed by atoms with E-state index in [-0.39, 0.29) is 18.3 Å². The van der Waals surface area contributed by atoms with E-state index in [2.05, 4.69) is 0 Å². The number of fused-ring (bicyclic) bond motifs is 1. The largest absolute Gasteiger partial charge is 0.497 e. The number of nitrogens with zero attached hydrogens (tertiary/aromatic N) is 1. The van der Waals surface area contributed by atoms with Gasteiger partial charge >= 0.3 is 0 Å². The van der Waals surface area contributed by atoms with Gasteiger partial charge in [0.05, 0.1) is 7.11 Å². The van der Waals surface area contributed by atoms with Crippen molar-refractivity contribution in [2.24, 2.45) is 0 Å². The molecule has 0 bridgehead atoms. The van der Waals surface area contributed by atoms with Crippen molar-refractivity contribution >= 4 is 11.6 Å². The lowest BCUT2D eigenvalue weighted by Crippen LogP contribution is -2.38. The van der Waals surface area contributed by atoms with Crippen LogP contribution in [0.3, 0.4) is 0 Å². The Morgan fingerprint density at radius 1 is 1.22 bits per heavy atom. The molecular formula is C18H18FNO3. The summed E-state index contributed by atoms with van der Waals surface area (Å²) in [6.07, 6.45) is 1.81. The Kier molecular flexibility index (Phi) is 4.46. The van der Waals surface area contributed by atoms with E-state index in [1.807, 2.05) is 18.2 Å². The summed E-state index contributed by atoms with van der Waals surface area (Å²) < 4.78 is 23.8. The molecule has 3 rings (SSSR count). The minimum absolute atomic E-state index is 0.116. The minimum atomic E-state index is -0.384. The molecule has 1 aliphatic rings. The van der Waals surface area contributed by atoms with Gasteiger partial charge in [0.2, 0.25) is 0 Å². The number of hydrogen-bond donors (Lipinski definition) is 0. The standard InChI is InChI=1S/C18H18FNO3/c1-22-15-7-8-17-13(10-15)4-3-9-20(17)18(21)12-23-16-6-2-5-14(19)11-16/h2,5-8,10-11H,3-4,9,12H2,1H3. The molecule has 120 valence electrons. The summed E-state index contributed by atoms with van der Waals surface area (Å²) in [6, 6.07) is 11.5. The van der Waals surface area contributed by atoms with Crippen LogP contribution in [0.5, 0.6) is 11.5 Å². The molecule has 1 amide bonds. The summed E-state index contributed by atoms with van der Waals surface area (Å²) in [5.41, 5.74) is 1.99. The van der Waals surface area contributed by atoms with Crippen LogP contribution in [-0.4, -0.2) is 26.2 Å². The van der Waals surface area contributed by atoms with Crippen LogP contribution in [-0.2, 0) is 11.2 Å². The number of ether oxygens (including phenoxy) is 2.